The predicted molar refractivity (Wildman–Crippen MR) is 65.9 cm³/mol. The normalized spacial score (nSPS) is 19.3. The summed E-state index contributed by atoms with van der Waals surface area (Å²) in [7, 11) is 0. The summed E-state index contributed by atoms with van der Waals surface area (Å²) in [5, 5.41) is 3.32. The lowest BCUT2D eigenvalue weighted by molar-refractivity contribution is 0.507. The van der Waals surface area contributed by atoms with Crippen LogP contribution in [0.5, 0.6) is 0 Å². The second-order valence-corrected chi connectivity index (χ2v) is 5.05. The summed E-state index contributed by atoms with van der Waals surface area (Å²) in [5.41, 5.74) is 5.83. The van der Waals surface area contributed by atoms with Crippen molar-refractivity contribution in [3.63, 3.8) is 0 Å². The maximum absolute atomic E-state index is 5.83. The van der Waals surface area contributed by atoms with E-state index in [2.05, 4.69) is 31.1 Å². The van der Waals surface area contributed by atoms with Gasteiger partial charge >= 0.3 is 0 Å². The van der Waals surface area contributed by atoms with E-state index in [9.17, 15) is 0 Å². The van der Waals surface area contributed by atoms with E-state index in [1.807, 2.05) is 0 Å². The van der Waals surface area contributed by atoms with E-state index in [0.717, 1.165) is 18.9 Å². The first kappa shape index (κ1) is 12.3. The zero-order valence-corrected chi connectivity index (χ0v) is 10.3. The van der Waals surface area contributed by atoms with Crippen LogP contribution in [0.3, 0.4) is 0 Å². The van der Waals surface area contributed by atoms with Gasteiger partial charge in [-0.25, -0.2) is 0 Å². The molecule has 0 heterocycles. The Morgan fingerprint density at radius 3 is 2.60 bits per heavy atom. The fraction of sp³-hybridized carbons (Fsp3) is 0.917. The molecule has 0 aromatic rings. The van der Waals surface area contributed by atoms with Crippen LogP contribution in [0.15, 0.2) is 4.99 Å². The van der Waals surface area contributed by atoms with E-state index >= 15 is 0 Å². The molecule has 1 fully saturated rings. The molecule has 0 saturated heterocycles. The lowest BCUT2D eigenvalue weighted by Crippen LogP contribution is -2.40. The zero-order valence-electron chi connectivity index (χ0n) is 10.3. The van der Waals surface area contributed by atoms with Crippen LogP contribution in [-0.4, -0.2) is 18.5 Å². The Morgan fingerprint density at radius 2 is 2.13 bits per heavy atom. The maximum atomic E-state index is 5.83. The Labute approximate surface area is 93.5 Å². The molecule has 0 aromatic carbocycles. The summed E-state index contributed by atoms with van der Waals surface area (Å²) in [6, 6.07) is 0.522. The minimum absolute atomic E-state index is 0.522. The molecular formula is C12H25N3. The van der Waals surface area contributed by atoms with Gasteiger partial charge in [-0.05, 0) is 24.7 Å². The van der Waals surface area contributed by atoms with Crippen LogP contribution in [0.4, 0.5) is 0 Å². The molecule has 1 saturated carbocycles. The van der Waals surface area contributed by atoms with Gasteiger partial charge < -0.3 is 11.1 Å². The average molecular weight is 211 g/mol. The second-order valence-electron chi connectivity index (χ2n) is 5.05. The van der Waals surface area contributed by atoms with Crippen LogP contribution in [0.2, 0.25) is 0 Å². The van der Waals surface area contributed by atoms with Crippen molar-refractivity contribution in [2.24, 2.45) is 22.6 Å². The third-order valence-corrected chi connectivity index (χ3v) is 2.79. The Morgan fingerprint density at radius 1 is 1.47 bits per heavy atom. The van der Waals surface area contributed by atoms with Crippen LogP contribution < -0.4 is 11.1 Å². The van der Waals surface area contributed by atoms with Crippen LogP contribution >= 0.6 is 0 Å². The Hall–Kier alpha value is -0.730. The molecule has 1 aliphatic carbocycles. The van der Waals surface area contributed by atoms with Gasteiger partial charge in [-0.15, -0.1) is 0 Å². The van der Waals surface area contributed by atoms with Crippen molar-refractivity contribution in [1.29, 1.82) is 0 Å². The Balaban J connectivity index is 2.25. The van der Waals surface area contributed by atoms with Crippen molar-refractivity contribution in [2.45, 2.75) is 52.5 Å². The topological polar surface area (TPSA) is 50.4 Å². The highest BCUT2D eigenvalue weighted by Crippen LogP contribution is 2.33. The summed E-state index contributed by atoms with van der Waals surface area (Å²) in [5.74, 6) is 2.14. The van der Waals surface area contributed by atoms with Crippen molar-refractivity contribution >= 4 is 5.96 Å². The number of guanidine groups is 1. The van der Waals surface area contributed by atoms with Crippen molar-refractivity contribution in [2.75, 3.05) is 6.54 Å². The van der Waals surface area contributed by atoms with Gasteiger partial charge in [-0.2, -0.15) is 0 Å². The third kappa shape index (κ3) is 5.65. The zero-order chi connectivity index (χ0) is 11.3. The minimum Gasteiger partial charge on any atom is -0.370 e. The summed E-state index contributed by atoms with van der Waals surface area (Å²) in [6.07, 6.45) is 5.20. The number of hydrogen-bond acceptors (Lipinski definition) is 1. The standard InChI is InChI=1S/C12H25N3/c1-4-11(7-10-5-6-10)15-12(13)14-8-9(2)3/h9-11H,4-8H2,1-3H3,(H3,13,14,15). The smallest absolute Gasteiger partial charge is 0.188 e. The van der Waals surface area contributed by atoms with Crippen molar-refractivity contribution in [3.05, 3.63) is 0 Å². The highest BCUT2D eigenvalue weighted by Gasteiger charge is 2.24. The molecule has 3 nitrogen and oxygen atoms in total. The summed E-state index contributed by atoms with van der Waals surface area (Å²) < 4.78 is 0. The fourth-order valence-corrected chi connectivity index (χ4v) is 1.62. The van der Waals surface area contributed by atoms with E-state index in [4.69, 9.17) is 5.73 Å². The molecule has 0 spiro atoms. The SMILES string of the molecule is CCC(CC1CC1)NC(N)=NCC(C)C. The molecule has 0 amide bonds. The predicted octanol–water partition coefficient (Wildman–Crippen LogP) is 2.13. The maximum Gasteiger partial charge on any atom is 0.188 e. The number of nitrogens with one attached hydrogen (secondary N) is 1. The first-order valence-corrected chi connectivity index (χ1v) is 6.18. The summed E-state index contributed by atoms with van der Waals surface area (Å²) in [4.78, 5) is 4.32. The molecule has 1 atom stereocenters. The summed E-state index contributed by atoms with van der Waals surface area (Å²) in [6.45, 7) is 7.32. The monoisotopic (exact) mass is 211 g/mol. The fourth-order valence-electron chi connectivity index (χ4n) is 1.62. The molecular weight excluding hydrogens is 186 g/mol. The van der Waals surface area contributed by atoms with Crippen LogP contribution in [0.25, 0.3) is 0 Å². The van der Waals surface area contributed by atoms with E-state index < -0.39 is 0 Å². The highest BCUT2D eigenvalue weighted by atomic mass is 15.1. The largest absolute Gasteiger partial charge is 0.370 e. The molecule has 1 rings (SSSR count). The van der Waals surface area contributed by atoms with E-state index in [1.54, 1.807) is 0 Å². The number of nitrogens with two attached hydrogens (primary N) is 1. The number of nitrogens with zero attached hydrogens (tertiary/aromatic N) is 1. The molecule has 88 valence electrons. The van der Waals surface area contributed by atoms with Gasteiger partial charge in [-0.3, -0.25) is 4.99 Å². The van der Waals surface area contributed by atoms with E-state index in [1.165, 1.54) is 19.3 Å². The highest BCUT2D eigenvalue weighted by molar-refractivity contribution is 5.78. The molecule has 3 heteroatoms. The van der Waals surface area contributed by atoms with Gasteiger partial charge in [0.1, 0.15) is 0 Å². The van der Waals surface area contributed by atoms with Crippen molar-refractivity contribution in [3.8, 4) is 0 Å². The third-order valence-electron chi connectivity index (χ3n) is 2.79. The first-order valence-electron chi connectivity index (χ1n) is 6.18. The van der Waals surface area contributed by atoms with Gasteiger partial charge in [0.05, 0.1) is 0 Å². The van der Waals surface area contributed by atoms with E-state index in [0.29, 0.717) is 17.9 Å². The van der Waals surface area contributed by atoms with Gasteiger partial charge in [0.25, 0.3) is 0 Å². The quantitative estimate of drug-likeness (QED) is 0.522. The molecule has 1 aliphatic rings. The van der Waals surface area contributed by atoms with Crippen LogP contribution in [0.1, 0.15) is 46.5 Å². The molecule has 3 N–H and O–H groups in total. The molecule has 1 unspecified atom stereocenters. The first-order chi connectivity index (χ1) is 7.11. The van der Waals surface area contributed by atoms with Gasteiger partial charge in [0, 0.05) is 12.6 Å². The molecule has 0 bridgehead atoms. The van der Waals surface area contributed by atoms with Crippen molar-refractivity contribution in [1.82, 2.24) is 5.32 Å². The molecule has 15 heavy (non-hydrogen) atoms. The van der Waals surface area contributed by atoms with Gasteiger partial charge in [-0.1, -0.05) is 33.6 Å². The number of rotatable bonds is 6. The van der Waals surface area contributed by atoms with E-state index in [-0.39, 0.29) is 0 Å². The molecule has 0 radical (unpaired) electrons. The summed E-state index contributed by atoms with van der Waals surface area (Å²) >= 11 is 0. The van der Waals surface area contributed by atoms with Crippen LogP contribution in [0, 0.1) is 11.8 Å². The second kappa shape index (κ2) is 5.99. The Bertz CT molecular complexity index is 207. The lowest BCUT2D eigenvalue weighted by Gasteiger charge is -2.17. The minimum atomic E-state index is 0.522. The Kier molecular flexibility index (Phi) is 4.92. The van der Waals surface area contributed by atoms with Crippen molar-refractivity contribution < 1.29 is 0 Å². The molecule has 0 aromatic heterocycles. The average Bonchev–Trinajstić information content (AvgIpc) is 2.97. The molecule has 0 aliphatic heterocycles. The number of hydrogen-bond donors (Lipinski definition) is 2. The van der Waals surface area contributed by atoms with Gasteiger partial charge in [0.2, 0.25) is 0 Å². The van der Waals surface area contributed by atoms with Gasteiger partial charge in [0.15, 0.2) is 5.96 Å². The lowest BCUT2D eigenvalue weighted by atomic mass is 10.1. The van der Waals surface area contributed by atoms with Crippen LogP contribution in [-0.2, 0) is 0 Å². The number of aliphatic imine (C=N–C) groups is 1.